The van der Waals surface area contributed by atoms with E-state index in [9.17, 15) is 9.59 Å². The van der Waals surface area contributed by atoms with Gasteiger partial charge in [0.15, 0.2) is 11.5 Å². The number of halogens is 2. The van der Waals surface area contributed by atoms with Gasteiger partial charge in [0, 0.05) is 18.0 Å². The van der Waals surface area contributed by atoms with Crippen LogP contribution in [0.4, 0.5) is 10.5 Å². The average molecular weight is 395 g/mol. The Hall–Kier alpha value is -2.31. The number of rotatable bonds is 6. The van der Waals surface area contributed by atoms with Crippen molar-refractivity contribution in [3.05, 3.63) is 57.9 Å². The molecule has 6 nitrogen and oxygen atoms in total. The average Bonchev–Trinajstić information content (AvgIpc) is 3.37. The van der Waals surface area contributed by atoms with Crippen LogP contribution >= 0.6 is 23.2 Å². The predicted octanol–water partition coefficient (Wildman–Crippen LogP) is 4.85. The van der Waals surface area contributed by atoms with Crippen molar-refractivity contribution in [1.29, 1.82) is 0 Å². The van der Waals surface area contributed by atoms with Gasteiger partial charge in [-0.05, 0) is 25.0 Å². The van der Waals surface area contributed by atoms with Gasteiger partial charge < -0.3 is 9.26 Å². The molecule has 0 atom stereocenters. The quantitative estimate of drug-likeness (QED) is 0.517. The fourth-order valence-electron chi connectivity index (χ4n) is 2.69. The molecule has 0 spiro atoms. The Morgan fingerprint density at radius 2 is 2.12 bits per heavy atom. The maximum atomic E-state index is 13.2. The zero-order valence-electron chi connectivity index (χ0n) is 14.0. The number of anilines is 1. The van der Waals surface area contributed by atoms with Crippen LogP contribution in [-0.2, 0) is 4.74 Å². The Morgan fingerprint density at radius 3 is 2.73 bits per heavy atom. The monoisotopic (exact) mass is 394 g/mol. The summed E-state index contributed by atoms with van der Waals surface area (Å²) in [7, 11) is 1.24. The van der Waals surface area contributed by atoms with E-state index in [1.807, 2.05) is 0 Å². The Kier molecular flexibility index (Phi) is 5.34. The van der Waals surface area contributed by atoms with Gasteiger partial charge in [0.2, 0.25) is 0 Å². The third-order valence-electron chi connectivity index (χ3n) is 4.08. The molecular weight excluding hydrogens is 379 g/mol. The number of methoxy groups -OCH3 is 1. The summed E-state index contributed by atoms with van der Waals surface area (Å²) in [5, 5.41) is 4.05. The number of ketones is 1. The molecule has 2 aromatic rings. The summed E-state index contributed by atoms with van der Waals surface area (Å²) in [6.45, 7) is 3.72. The van der Waals surface area contributed by atoms with Gasteiger partial charge in [-0.1, -0.05) is 34.4 Å². The summed E-state index contributed by atoms with van der Waals surface area (Å²) < 4.78 is 10.1. The van der Waals surface area contributed by atoms with Crippen LogP contribution in [0.5, 0.6) is 0 Å². The number of hydrogen-bond acceptors (Lipinski definition) is 5. The number of nitrogens with zero attached hydrogens (tertiary/aromatic N) is 2. The van der Waals surface area contributed by atoms with E-state index in [1.54, 1.807) is 0 Å². The Balaban J connectivity index is 2.13. The van der Waals surface area contributed by atoms with Gasteiger partial charge in [-0.2, -0.15) is 0 Å². The van der Waals surface area contributed by atoms with Crippen molar-refractivity contribution >= 4 is 40.8 Å². The second-order valence-electron chi connectivity index (χ2n) is 5.83. The first-order valence-electron chi connectivity index (χ1n) is 7.93. The fraction of sp³-hybridized carbons (Fsp3) is 0.278. The topological polar surface area (TPSA) is 72.6 Å². The highest BCUT2D eigenvalue weighted by molar-refractivity contribution is 6.44. The predicted molar refractivity (Wildman–Crippen MR) is 98.3 cm³/mol. The van der Waals surface area contributed by atoms with Crippen LogP contribution in [0, 0.1) is 0 Å². The van der Waals surface area contributed by atoms with Crippen molar-refractivity contribution in [2.75, 3.05) is 18.6 Å². The molecule has 136 valence electrons. The molecule has 1 heterocycles. The molecule has 1 aliphatic rings. The van der Waals surface area contributed by atoms with Gasteiger partial charge in [-0.15, -0.1) is 6.58 Å². The van der Waals surface area contributed by atoms with E-state index >= 15 is 0 Å². The van der Waals surface area contributed by atoms with E-state index in [2.05, 4.69) is 11.7 Å². The smallest absolute Gasteiger partial charge is 0.414 e. The number of carbonyl (C=O) groups is 2. The Bertz CT molecular complexity index is 874. The third kappa shape index (κ3) is 3.34. The molecule has 1 saturated carbocycles. The lowest BCUT2D eigenvalue weighted by Gasteiger charge is -2.23. The summed E-state index contributed by atoms with van der Waals surface area (Å²) in [5.74, 6) is 0.410. The second-order valence-corrected chi connectivity index (χ2v) is 6.62. The first-order valence-corrected chi connectivity index (χ1v) is 8.68. The highest BCUT2D eigenvalue weighted by atomic mass is 35.5. The number of ether oxygens (including phenoxy) is 1. The van der Waals surface area contributed by atoms with Gasteiger partial charge >= 0.3 is 6.09 Å². The lowest BCUT2D eigenvalue weighted by Crippen LogP contribution is -2.32. The second kappa shape index (κ2) is 7.51. The summed E-state index contributed by atoms with van der Waals surface area (Å²) in [6, 6.07) is 3.03. The lowest BCUT2D eigenvalue weighted by atomic mass is 10.00. The van der Waals surface area contributed by atoms with Crippen molar-refractivity contribution in [1.82, 2.24) is 5.16 Å². The molecule has 1 aliphatic carbocycles. The van der Waals surface area contributed by atoms with Gasteiger partial charge in [-0.25, -0.2) is 4.79 Å². The molecule has 0 unspecified atom stereocenters. The van der Waals surface area contributed by atoms with Crippen LogP contribution in [-0.4, -0.2) is 30.7 Å². The van der Waals surface area contributed by atoms with Crippen molar-refractivity contribution in [3.8, 4) is 0 Å². The molecule has 1 fully saturated rings. The molecule has 0 aliphatic heterocycles. The Labute approximate surface area is 160 Å². The van der Waals surface area contributed by atoms with Crippen LogP contribution in [0.3, 0.4) is 0 Å². The number of aromatic nitrogens is 1. The van der Waals surface area contributed by atoms with E-state index in [4.69, 9.17) is 32.5 Å². The summed E-state index contributed by atoms with van der Waals surface area (Å²) in [4.78, 5) is 26.6. The number of benzene rings is 1. The first kappa shape index (κ1) is 18.5. The van der Waals surface area contributed by atoms with E-state index < -0.39 is 6.09 Å². The van der Waals surface area contributed by atoms with Crippen LogP contribution in [0.2, 0.25) is 10.0 Å². The van der Waals surface area contributed by atoms with Crippen LogP contribution in [0.1, 0.15) is 40.4 Å². The highest BCUT2D eigenvalue weighted by Crippen LogP contribution is 2.43. The number of carbonyl (C=O) groups excluding carboxylic acids is 2. The SMILES string of the molecule is C=CCN(C(=O)OC)c1c(C(=O)c2cnoc2C2CC2)ccc(Cl)c1Cl. The molecular formula is C18H16Cl2N2O4. The molecule has 8 heteroatoms. The molecule has 3 rings (SSSR count). The summed E-state index contributed by atoms with van der Waals surface area (Å²) >= 11 is 12.5. The van der Waals surface area contributed by atoms with Gasteiger partial charge in [-0.3, -0.25) is 9.69 Å². The summed E-state index contributed by atoms with van der Waals surface area (Å²) in [6.07, 6.45) is 4.11. The van der Waals surface area contributed by atoms with Crippen molar-refractivity contribution in [3.63, 3.8) is 0 Å². The fourth-order valence-corrected chi connectivity index (χ4v) is 3.11. The molecule has 26 heavy (non-hydrogen) atoms. The zero-order chi connectivity index (χ0) is 18.8. The first-order chi connectivity index (χ1) is 12.5. The minimum absolute atomic E-state index is 0.0780. The van der Waals surface area contributed by atoms with Crippen LogP contribution < -0.4 is 4.90 Å². The van der Waals surface area contributed by atoms with Gasteiger partial charge in [0.1, 0.15) is 0 Å². The van der Waals surface area contributed by atoms with E-state index in [0.717, 1.165) is 12.8 Å². The standard InChI is InChI=1S/C18H16Cl2N2O4/c1-3-8-22(18(24)25-2)15-11(6-7-13(19)14(15)20)16(23)12-9-21-26-17(12)10-4-5-10/h3,6-7,9-10H,1,4-5,8H2,2H3. The zero-order valence-corrected chi connectivity index (χ0v) is 15.5. The van der Waals surface area contributed by atoms with Crippen LogP contribution in [0.15, 0.2) is 35.5 Å². The minimum Gasteiger partial charge on any atom is -0.452 e. The van der Waals surface area contributed by atoms with Gasteiger partial charge in [0.05, 0.1) is 34.6 Å². The lowest BCUT2D eigenvalue weighted by molar-refractivity contribution is 0.103. The van der Waals surface area contributed by atoms with E-state index in [0.29, 0.717) is 11.3 Å². The molecule has 1 aromatic carbocycles. The molecule has 0 radical (unpaired) electrons. The maximum Gasteiger partial charge on any atom is 0.414 e. The van der Waals surface area contributed by atoms with Gasteiger partial charge in [0.25, 0.3) is 0 Å². The largest absolute Gasteiger partial charge is 0.452 e. The molecule has 1 amide bonds. The molecule has 0 bridgehead atoms. The number of hydrogen-bond donors (Lipinski definition) is 0. The van der Waals surface area contributed by atoms with E-state index in [-0.39, 0.29) is 39.5 Å². The maximum absolute atomic E-state index is 13.2. The third-order valence-corrected chi connectivity index (χ3v) is 4.88. The van der Waals surface area contributed by atoms with Crippen LogP contribution in [0.25, 0.3) is 0 Å². The highest BCUT2D eigenvalue weighted by Gasteiger charge is 2.34. The Morgan fingerprint density at radius 1 is 1.38 bits per heavy atom. The van der Waals surface area contributed by atoms with Crippen molar-refractivity contribution in [2.45, 2.75) is 18.8 Å². The van der Waals surface area contributed by atoms with Crippen molar-refractivity contribution < 1.29 is 18.8 Å². The molecule has 0 saturated heterocycles. The normalized spacial score (nSPS) is 13.3. The molecule has 0 N–H and O–H groups in total. The van der Waals surface area contributed by atoms with Crippen molar-refractivity contribution in [2.24, 2.45) is 0 Å². The number of amides is 1. The molecule has 1 aromatic heterocycles. The summed E-state index contributed by atoms with van der Waals surface area (Å²) in [5.41, 5.74) is 0.728. The van der Waals surface area contributed by atoms with E-state index in [1.165, 1.54) is 36.4 Å². The minimum atomic E-state index is -0.684.